The molecular weight excluding hydrogens is 138 g/mol. The van der Waals surface area contributed by atoms with Crippen LogP contribution < -0.4 is 0 Å². The van der Waals surface area contributed by atoms with Crippen LogP contribution in [0.2, 0.25) is 0 Å². The van der Waals surface area contributed by atoms with Crippen molar-refractivity contribution in [3.63, 3.8) is 0 Å². The molecule has 0 radical (unpaired) electrons. The van der Waals surface area contributed by atoms with Gasteiger partial charge in [-0.2, -0.15) is 0 Å². The maximum Gasteiger partial charge on any atom is 0.0730 e. The van der Waals surface area contributed by atoms with Crippen molar-refractivity contribution in [2.24, 2.45) is 5.92 Å². The Balaban J connectivity index is 1.93. The van der Waals surface area contributed by atoms with E-state index in [1.807, 2.05) is 0 Å². The molecule has 2 fully saturated rings. The van der Waals surface area contributed by atoms with Gasteiger partial charge in [0.25, 0.3) is 0 Å². The van der Waals surface area contributed by atoms with E-state index in [1.165, 1.54) is 25.8 Å². The van der Waals surface area contributed by atoms with Crippen molar-refractivity contribution in [1.82, 2.24) is 4.90 Å². The number of ether oxygens (including phenoxy) is 1. The number of piperidine rings is 1. The van der Waals surface area contributed by atoms with Gasteiger partial charge >= 0.3 is 0 Å². The van der Waals surface area contributed by atoms with E-state index in [9.17, 15) is 0 Å². The molecule has 2 heterocycles. The van der Waals surface area contributed by atoms with E-state index < -0.39 is 0 Å². The Hall–Kier alpha value is -0.0800. The highest BCUT2D eigenvalue weighted by Crippen LogP contribution is 2.27. The number of hydrogen-bond acceptors (Lipinski definition) is 2. The fourth-order valence-corrected chi connectivity index (χ4v) is 2.22. The molecule has 2 atom stereocenters. The lowest BCUT2D eigenvalue weighted by Gasteiger charge is -2.39. The molecule has 11 heavy (non-hydrogen) atoms. The largest absolute Gasteiger partial charge is 0.377 e. The average Bonchev–Trinajstić information content (AvgIpc) is 2.04. The summed E-state index contributed by atoms with van der Waals surface area (Å²) in [5, 5.41) is 0. The van der Waals surface area contributed by atoms with Crippen LogP contribution in [0.5, 0.6) is 0 Å². The molecule has 0 aliphatic carbocycles. The monoisotopic (exact) mass is 155 g/mol. The van der Waals surface area contributed by atoms with Gasteiger partial charge in [-0.05, 0) is 38.8 Å². The topological polar surface area (TPSA) is 12.5 Å². The summed E-state index contributed by atoms with van der Waals surface area (Å²) in [6.45, 7) is 3.42. The molecule has 0 spiro atoms. The van der Waals surface area contributed by atoms with Crippen molar-refractivity contribution in [3.8, 4) is 0 Å². The molecule has 2 aliphatic rings. The Labute approximate surface area is 68.5 Å². The second kappa shape index (κ2) is 3.11. The molecule has 2 rings (SSSR count). The van der Waals surface area contributed by atoms with Crippen molar-refractivity contribution in [2.75, 3.05) is 26.7 Å². The molecule has 64 valence electrons. The highest BCUT2D eigenvalue weighted by molar-refractivity contribution is 4.81. The molecule has 2 nitrogen and oxygen atoms in total. The molecule has 2 heteroatoms. The van der Waals surface area contributed by atoms with E-state index in [0.717, 1.165) is 19.1 Å². The van der Waals surface area contributed by atoms with Crippen LogP contribution in [0.15, 0.2) is 0 Å². The van der Waals surface area contributed by atoms with Crippen LogP contribution in [0.3, 0.4) is 0 Å². The summed E-state index contributed by atoms with van der Waals surface area (Å²) in [6, 6.07) is 0. The summed E-state index contributed by atoms with van der Waals surface area (Å²) in [4.78, 5) is 2.38. The second-order valence-corrected chi connectivity index (χ2v) is 3.86. The maximum atomic E-state index is 5.71. The van der Waals surface area contributed by atoms with Gasteiger partial charge in [0.05, 0.1) is 6.10 Å². The number of hydrogen-bond donors (Lipinski definition) is 0. The van der Waals surface area contributed by atoms with Crippen LogP contribution >= 0.6 is 0 Å². The number of fused-ring (bicyclic) bond motifs is 1. The fourth-order valence-electron chi connectivity index (χ4n) is 2.22. The van der Waals surface area contributed by atoms with Gasteiger partial charge < -0.3 is 9.64 Å². The summed E-state index contributed by atoms with van der Waals surface area (Å²) < 4.78 is 5.71. The minimum atomic E-state index is 0.558. The number of likely N-dealkylation sites (N-methyl/N-ethyl adjacent to an activating group) is 1. The minimum absolute atomic E-state index is 0.558. The summed E-state index contributed by atoms with van der Waals surface area (Å²) in [7, 11) is 2.19. The molecule has 0 aromatic carbocycles. The van der Waals surface area contributed by atoms with E-state index in [2.05, 4.69) is 11.9 Å². The predicted molar refractivity (Wildman–Crippen MR) is 44.6 cm³/mol. The van der Waals surface area contributed by atoms with Crippen molar-refractivity contribution in [1.29, 1.82) is 0 Å². The van der Waals surface area contributed by atoms with Crippen molar-refractivity contribution < 1.29 is 4.74 Å². The van der Waals surface area contributed by atoms with Gasteiger partial charge in [0, 0.05) is 13.2 Å². The van der Waals surface area contributed by atoms with Crippen molar-refractivity contribution in [2.45, 2.75) is 25.4 Å². The number of nitrogens with zero attached hydrogens (tertiary/aromatic N) is 1. The summed E-state index contributed by atoms with van der Waals surface area (Å²) in [6.07, 6.45) is 4.59. The zero-order valence-corrected chi connectivity index (χ0v) is 7.25. The molecule has 2 saturated heterocycles. The number of rotatable bonds is 0. The first-order chi connectivity index (χ1) is 5.36. The zero-order valence-electron chi connectivity index (χ0n) is 7.25. The van der Waals surface area contributed by atoms with Crippen molar-refractivity contribution >= 4 is 0 Å². The van der Waals surface area contributed by atoms with Crippen LogP contribution in [-0.2, 0) is 4.74 Å². The Morgan fingerprint density at radius 3 is 3.18 bits per heavy atom. The summed E-state index contributed by atoms with van der Waals surface area (Å²) >= 11 is 0. The van der Waals surface area contributed by atoms with Gasteiger partial charge in [0.2, 0.25) is 0 Å². The average molecular weight is 155 g/mol. The molecule has 0 amide bonds. The predicted octanol–water partition coefficient (Wildman–Crippen LogP) is 1.12. The third-order valence-electron chi connectivity index (χ3n) is 2.95. The third kappa shape index (κ3) is 1.57. The van der Waals surface area contributed by atoms with E-state index in [0.29, 0.717) is 6.10 Å². The first kappa shape index (κ1) is 7.56. The lowest BCUT2D eigenvalue weighted by atomic mass is 9.88. The molecule has 0 N–H and O–H groups in total. The Kier molecular flexibility index (Phi) is 2.14. The van der Waals surface area contributed by atoms with Gasteiger partial charge in [0.15, 0.2) is 0 Å². The Morgan fingerprint density at radius 2 is 2.27 bits per heavy atom. The van der Waals surface area contributed by atoms with E-state index >= 15 is 0 Å². The van der Waals surface area contributed by atoms with E-state index in [-0.39, 0.29) is 0 Å². The summed E-state index contributed by atoms with van der Waals surface area (Å²) in [5.74, 6) is 0.875. The van der Waals surface area contributed by atoms with Crippen LogP contribution in [0.25, 0.3) is 0 Å². The van der Waals surface area contributed by atoms with Gasteiger partial charge in [-0.1, -0.05) is 0 Å². The Morgan fingerprint density at radius 1 is 1.36 bits per heavy atom. The van der Waals surface area contributed by atoms with Crippen LogP contribution in [0.4, 0.5) is 0 Å². The quantitative estimate of drug-likeness (QED) is 0.519. The van der Waals surface area contributed by atoms with Crippen LogP contribution in [0.1, 0.15) is 19.3 Å². The molecule has 0 bridgehead atoms. The van der Waals surface area contributed by atoms with Crippen LogP contribution in [-0.4, -0.2) is 37.7 Å². The van der Waals surface area contributed by atoms with Gasteiger partial charge in [-0.25, -0.2) is 0 Å². The highest BCUT2D eigenvalue weighted by Gasteiger charge is 2.30. The SMILES string of the molecule is CN1CCC2CCCOC2C1. The third-order valence-corrected chi connectivity index (χ3v) is 2.95. The molecule has 0 aromatic rings. The Bertz CT molecular complexity index is 138. The van der Waals surface area contributed by atoms with E-state index in [4.69, 9.17) is 4.74 Å². The fraction of sp³-hybridized carbons (Fsp3) is 1.00. The van der Waals surface area contributed by atoms with Crippen LogP contribution in [0, 0.1) is 5.92 Å². The smallest absolute Gasteiger partial charge is 0.0730 e. The van der Waals surface area contributed by atoms with Crippen molar-refractivity contribution in [3.05, 3.63) is 0 Å². The summed E-state index contributed by atoms with van der Waals surface area (Å²) in [5.41, 5.74) is 0. The van der Waals surface area contributed by atoms with Gasteiger partial charge in [-0.3, -0.25) is 0 Å². The first-order valence-electron chi connectivity index (χ1n) is 4.66. The minimum Gasteiger partial charge on any atom is -0.377 e. The lowest BCUT2D eigenvalue weighted by Crippen LogP contribution is -2.45. The number of likely N-dealkylation sites (tertiary alicyclic amines) is 1. The standard InChI is InChI=1S/C9H17NO/c1-10-5-4-8-3-2-6-11-9(8)7-10/h8-9H,2-7H2,1H3. The normalized spacial score (nSPS) is 40.1. The lowest BCUT2D eigenvalue weighted by molar-refractivity contribution is -0.0640. The van der Waals surface area contributed by atoms with Gasteiger partial charge in [0.1, 0.15) is 0 Å². The molecule has 0 saturated carbocycles. The zero-order chi connectivity index (χ0) is 7.68. The molecule has 0 aromatic heterocycles. The second-order valence-electron chi connectivity index (χ2n) is 3.86. The van der Waals surface area contributed by atoms with Gasteiger partial charge in [-0.15, -0.1) is 0 Å². The molecular formula is C9H17NO. The highest BCUT2D eigenvalue weighted by atomic mass is 16.5. The van der Waals surface area contributed by atoms with E-state index in [1.54, 1.807) is 0 Å². The maximum absolute atomic E-state index is 5.71. The molecule has 2 aliphatic heterocycles. The molecule has 2 unspecified atom stereocenters. The first-order valence-corrected chi connectivity index (χ1v) is 4.66.